The van der Waals surface area contributed by atoms with Gasteiger partial charge in [-0.2, -0.15) is 0 Å². The first-order valence-electron chi connectivity index (χ1n) is 8.43. The number of hydrogen-bond donors (Lipinski definition) is 2. The summed E-state index contributed by atoms with van der Waals surface area (Å²) in [6.07, 6.45) is 1.79. The smallest absolute Gasteiger partial charge is 0.313 e. The van der Waals surface area contributed by atoms with Gasteiger partial charge in [-0.05, 0) is 55.2 Å². The number of carbonyl (C=O) groups is 2. The van der Waals surface area contributed by atoms with Gasteiger partial charge in [0.1, 0.15) is 11.6 Å². The van der Waals surface area contributed by atoms with E-state index in [-0.39, 0.29) is 11.2 Å². The van der Waals surface area contributed by atoms with E-state index < -0.39 is 11.8 Å². The molecular weight excluding hydrogens is 335 g/mol. The monoisotopic (exact) mass is 356 g/mol. The maximum Gasteiger partial charge on any atom is 0.313 e. The van der Waals surface area contributed by atoms with E-state index in [0.717, 1.165) is 24.0 Å². The van der Waals surface area contributed by atoms with E-state index in [4.69, 9.17) is 4.74 Å². The fraction of sp³-hybridized carbons (Fsp3) is 0.300. The molecule has 0 aliphatic heterocycles. The minimum Gasteiger partial charge on any atom is -0.495 e. The second-order valence-electron chi connectivity index (χ2n) is 6.63. The first-order valence-corrected chi connectivity index (χ1v) is 8.43. The van der Waals surface area contributed by atoms with Crippen LogP contribution in [0, 0.1) is 12.7 Å². The normalized spacial score (nSPS) is 14.4. The molecular formula is C20H21FN2O3. The molecule has 1 fully saturated rings. The largest absolute Gasteiger partial charge is 0.495 e. The number of halogens is 1. The van der Waals surface area contributed by atoms with Crippen LogP contribution in [0.1, 0.15) is 24.0 Å². The fourth-order valence-electron chi connectivity index (χ4n) is 2.95. The topological polar surface area (TPSA) is 67.4 Å². The van der Waals surface area contributed by atoms with Gasteiger partial charge in [-0.25, -0.2) is 4.39 Å². The van der Waals surface area contributed by atoms with Crippen molar-refractivity contribution in [3.8, 4) is 5.75 Å². The third-order valence-electron chi connectivity index (χ3n) is 4.71. The van der Waals surface area contributed by atoms with Gasteiger partial charge < -0.3 is 15.4 Å². The van der Waals surface area contributed by atoms with Crippen molar-refractivity contribution in [2.75, 3.05) is 19.0 Å². The number of hydrogen-bond acceptors (Lipinski definition) is 3. The Bertz CT molecular complexity index is 829. The van der Waals surface area contributed by atoms with Gasteiger partial charge >= 0.3 is 11.8 Å². The Morgan fingerprint density at radius 1 is 1.12 bits per heavy atom. The van der Waals surface area contributed by atoms with E-state index in [2.05, 4.69) is 10.6 Å². The molecule has 5 nitrogen and oxygen atoms in total. The summed E-state index contributed by atoms with van der Waals surface area (Å²) in [6, 6.07) is 11.6. The number of anilines is 1. The van der Waals surface area contributed by atoms with Gasteiger partial charge in [0.2, 0.25) is 0 Å². The molecule has 0 saturated heterocycles. The summed E-state index contributed by atoms with van der Waals surface area (Å²) in [5, 5.41) is 5.27. The van der Waals surface area contributed by atoms with E-state index in [9.17, 15) is 14.0 Å². The molecule has 2 aromatic carbocycles. The zero-order valence-electron chi connectivity index (χ0n) is 14.8. The Kier molecular flexibility index (Phi) is 4.93. The van der Waals surface area contributed by atoms with Gasteiger partial charge in [0, 0.05) is 12.0 Å². The summed E-state index contributed by atoms with van der Waals surface area (Å²) in [7, 11) is 1.50. The summed E-state index contributed by atoms with van der Waals surface area (Å²) < 4.78 is 18.3. The second kappa shape index (κ2) is 7.15. The molecule has 0 radical (unpaired) electrons. The summed E-state index contributed by atoms with van der Waals surface area (Å²) in [5.74, 6) is -1.26. The number of benzene rings is 2. The molecule has 0 heterocycles. The summed E-state index contributed by atoms with van der Waals surface area (Å²) in [4.78, 5) is 24.3. The van der Waals surface area contributed by atoms with Crippen molar-refractivity contribution in [1.82, 2.24) is 5.32 Å². The zero-order valence-corrected chi connectivity index (χ0v) is 14.8. The van der Waals surface area contributed by atoms with E-state index in [1.54, 1.807) is 24.3 Å². The van der Waals surface area contributed by atoms with Gasteiger partial charge in [0.25, 0.3) is 0 Å². The Morgan fingerprint density at radius 2 is 1.81 bits per heavy atom. The lowest BCUT2D eigenvalue weighted by molar-refractivity contribution is -0.136. The highest BCUT2D eigenvalue weighted by Crippen LogP contribution is 2.47. The maximum absolute atomic E-state index is 13.1. The van der Waals surface area contributed by atoms with E-state index in [1.807, 2.05) is 13.0 Å². The minimum absolute atomic E-state index is 0.204. The van der Waals surface area contributed by atoms with E-state index in [0.29, 0.717) is 18.0 Å². The van der Waals surface area contributed by atoms with Crippen molar-refractivity contribution < 1.29 is 18.7 Å². The molecule has 0 aromatic heterocycles. The Balaban J connectivity index is 1.61. The molecule has 0 bridgehead atoms. The zero-order chi connectivity index (χ0) is 18.7. The average Bonchev–Trinajstić information content (AvgIpc) is 3.41. The first-order chi connectivity index (χ1) is 12.4. The van der Waals surface area contributed by atoms with Crippen LogP contribution in [0.25, 0.3) is 0 Å². The van der Waals surface area contributed by atoms with Crippen molar-refractivity contribution >= 4 is 17.5 Å². The van der Waals surface area contributed by atoms with Crippen LogP contribution < -0.4 is 15.4 Å². The number of ether oxygens (including phenoxy) is 1. The molecule has 3 rings (SSSR count). The Labute approximate surface area is 151 Å². The Hall–Kier alpha value is -2.89. The highest BCUT2D eigenvalue weighted by Gasteiger charge is 2.44. The molecule has 2 N–H and O–H groups in total. The van der Waals surface area contributed by atoms with Crippen molar-refractivity contribution in [1.29, 1.82) is 0 Å². The SMILES string of the molecule is COc1ccc(C)cc1NC(=O)C(=O)NCC1(c2ccc(F)cc2)CC1. The van der Waals surface area contributed by atoms with Gasteiger partial charge in [0.15, 0.2) is 0 Å². The summed E-state index contributed by atoms with van der Waals surface area (Å²) in [5.41, 5.74) is 2.16. The van der Waals surface area contributed by atoms with Crippen LogP contribution in [0.5, 0.6) is 5.75 Å². The number of nitrogens with one attached hydrogen (secondary N) is 2. The van der Waals surface area contributed by atoms with Crippen LogP contribution in [0.3, 0.4) is 0 Å². The van der Waals surface area contributed by atoms with Crippen LogP contribution in [0.15, 0.2) is 42.5 Å². The highest BCUT2D eigenvalue weighted by molar-refractivity contribution is 6.39. The van der Waals surface area contributed by atoms with Crippen LogP contribution in [-0.2, 0) is 15.0 Å². The lowest BCUT2D eigenvalue weighted by atomic mass is 9.96. The lowest BCUT2D eigenvalue weighted by Crippen LogP contribution is -2.39. The first kappa shape index (κ1) is 17.9. The van der Waals surface area contributed by atoms with Gasteiger partial charge in [-0.3, -0.25) is 9.59 Å². The standard InChI is InChI=1S/C20H21FN2O3/c1-13-3-8-17(26-2)16(11-13)23-19(25)18(24)22-12-20(9-10-20)14-4-6-15(21)7-5-14/h3-8,11H,9-10,12H2,1-2H3,(H,22,24)(H,23,25). The quantitative estimate of drug-likeness (QED) is 0.810. The number of methoxy groups -OCH3 is 1. The molecule has 6 heteroatoms. The van der Waals surface area contributed by atoms with Crippen LogP contribution >= 0.6 is 0 Å². The van der Waals surface area contributed by atoms with Crippen molar-refractivity contribution in [2.24, 2.45) is 0 Å². The van der Waals surface area contributed by atoms with Crippen LogP contribution in [-0.4, -0.2) is 25.5 Å². The highest BCUT2D eigenvalue weighted by atomic mass is 19.1. The summed E-state index contributed by atoms with van der Waals surface area (Å²) >= 11 is 0. The van der Waals surface area contributed by atoms with Gasteiger partial charge in [-0.1, -0.05) is 18.2 Å². The molecule has 1 saturated carbocycles. The average molecular weight is 356 g/mol. The lowest BCUT2D eigenvalue weighted by Gasteiger charge is -2.17. The second-order valence-corrected chi connectivity index (χ2v) is 6.63. The number of aryl methyl sites for hydroxylation is 1. The molecule has 0 atom stereocenters. The predicted molar refractivity (Wildman–Crippen MR) is 96.7 cm³/mol. The number of rotatable bonds is 5. The maximum atomic E-state index is 13.1. The van der Waals surface area contributed by atoms with Gasteiger partial charge in [-0.15, -0.1) is 0 Å². The third-order valence-corrected chi connectivity index (χ3v) is 4.71. The molecule has 0 spiro atoms. The van der Waals surface area contributed by atoms with Crippen LogP contribution in [0.2, 0.25) is 0 Å². The fourth-order valence-corrected chi connectivity index (χ4v) is 2.95. The molecule has 2 aromatic rings. The predicted octanol–water partition coefficient (Wildman–Crippen LogP) is 2.93. The minimum atomic E-state index is -0.746. The molecule has 1 aliphatic rings. The van der Waals surface area contributed by atoms with Crippen LogP contribution in [0.4, 0.5) is 10.1 Å². The number of amides is 2. The number of carbonyl (C=O) groups excluding carboxylic acids is 2. The molecule has 136 valence electrons. The molecule has 2 amide bonds. The van der Waals surface area contributed by atoms with E-state index >= 15 is 0 Å². The molecule has 26 heavy (non-hydrogen) atoms. The van der Waals surface area contributed by atoms with Crippen molar-refractivity contribution in [2.45, 2.75) is 25.2 Å². The molecule has 1 aliphatic carbocycles. The van der Waals surface area contributed by atoms with Gasteiger partial charge in [0.05, 0.1) is 12.8 Å². The van der Waals surface area contributed by atoms with Crippen molar-refractivity contribution in [3.63, 3.8) is 0 Å². The Morgan fingerprint density at radius 3 is 2.42 bits per heavy atom. The molecule has 0 unspecified atom stereocenters. The summed E-state index contributed by atoms with van der Waals surface area (Å²) in [6.45, 7) is 2.23. The van der Waals surface area contributed by atoms with Crippen molar-refractivity contribution in [3.05, 3.63) is 59.4 Å². The third kappa shape index (κ3) is 3.85. The van der Waals surface area contributed by atoms with E-state index in [1.165, 1.54) is 19.2 Å².